The number of rotatable bonds is 1. The van der Waals surface area contributed by atoms with Crippen molar-refractivity contribution in [3.05, 3.63) is 29.8 Å². The maximum Gasteiger partial charge on any atom is 0.241 e. The zero-order valence-electron chi connectivity index (χ0n) is 8.37. The van der Waals surface area contributed by atoms with Crippen molar-refractivity contribution in [3.63, 3.8) is 0 Å². The third-order valence-corrected chi connectivity index (χ3v) is 3.72. The predicted molar refractivity (Wildman–Crippen MR) is 60.4 cm³/mol. The molecule has 1 aliphatic carbocycles. The predicted octanol–water partition coefficient (Wildman–Crippen LogP) is 2.30. The van der Waals surface area contributed by atoms with E-state index in [4.69, 9.17) is 11.6 Å². The van der Waals surface area contributed by atoms with Gasteiger partial charge in [0.25, 0.3) is 0 Å². The fourth-order valence-corrected chi connectivity index (χ4v) is 2.65. The van der Waals surface area contributed by atoms with Gasteiger partial charge in [-0.15, -0.1) is 11.6 Å². The Morgan fingerprint density at radius 2 is 2.13 bits per heavy atom. The summed E-state index contributed by atoms with van der Waals surface area (Å²) in [6, 6.07) is 8.19. The van der Waals surface area contributed by atoms with Crippen LogP contribution in [0.4, 0.5) is 5.69 Å². The lowest BCUT2D eigenvalue weighted by Crippen LogP contribution is -2.32. The van der Waals surface area contributed by atoms with Crippen molar-refractivity contribution in [2.24, 2.45) is 0 Å². The summed E-state index contributed by atoms with van der Waals surface area (Å²) in [6.45, 7) is 0.831. The minimum atomic E-state index is 0.0212. The monoisotopic (exact) mass is 221 g/mol. The summed E-state index contributed by atoms with van der Waals surface area (Å²) in [6.07, 6.45) is 2.41. The molecule has 0 radical (unpaired) electrons. The van der Waals surface area contributed by atoms with Gasteiger partial charge in [-0.1, -0.05) is 18.2 Å². The minimum absolute atomic E-state index is 0.0212. The number of amides is 1. The number of fused-ring (bicyclic) bond motifs is 2. The number of hydrogen-bond donors (Lipinski definition) is 0. The number of alkyl halides is 1. The van der Waals surface area contributed by atoms with Crippen LogP contribution in [0.1, 0.15) is 18.4 Å². The smallest absolute Gasteiger partial charge is 0.241 e. The molecule has 0 saturated heterocycles. The van der Waals surface area contributed by atoms with Crippen molar-refractivity contribution in [2.45, 2.75) is 18.3 Å². The van der Waals surface area contributed by atoms with Crippen LogP contribution < -0.4 is 4.90 Å². The zero-order valence-corrected chi connectivity index (χ0v) is 9.13. The first-order valence-corrected chi connectivity index (χ1v) is 5.76. The van der Waals surface area contributed by atoms with Gasteiger partial charge in [-0.3, -0.25) is 4.79 Å². The first-order chi connectivity index (χ1) is 7.27. The molecule has 1 spiro atoms. The van der Waals surface area contributed by atoms with Gasteiger partial charge in [0, 0.05) is 17.6 Å². The molecular formula is C12H12ClNO. The van der Waals surface area contributed by atoms with Gasteiger partial charge in [-0.05, 0) is 24.5 Å². The number of halogens is 1. The molecule has 2 nitrogen and oxygen atoms in total. The highest BCUT2D eigenvalue weighted by molar-refractivity contribution is 6.29. The van der Waals surface area contributed by atoms with Crippen molar-refractivity contribution in [1.29, 1.82) is 0 Å². The summed E-state index contributed by atoms with van der Waals surface area (Å²) in [5.74, 6) is 0.0950. The molecular weight excluding hydrogens is 210 g/mol. The molecule has 0 aromatic heterocycles. The second kappa shape index (κ2) is 2.99. The lowest BCUT2D eigenvalue weighted by molar-refractivity contribution is -0.116. The Balaban J connectivity index is 2.07. The summed E-state index contributed by atoms with van der Waals surface area (Å²) in [4.78, 5) is 13.5. The van der Waals surface area contributed by atoms with E-state index in [9.17, 15) is 4.79 Å². The van der Waals surface area contributed by atoms with Crippen molar-refractivity contribution in [2.75, 3.05) is 17.3 Å². The Morgan fingerprint density at radius 1 is 1.40 bits per heavy atom. The van der Waals surface area contributed by atoms with Gasteiger partial charge >= 0.3 is 0 Å². The highest BCUT2D eigenvalue weighted by Crippen LogP contribution is 2.56. The maximum absolute atomic E-state index is 11.7. The van der Waals surface area contributed by atoms with Crippen LogP contribution in [0.5, 0.6) is 0 Å². The molecule has 1 saturated carbocycles. The van der Waals surface area contributed by atoms with E-state index in [0.29, 0.717) is 0 Å². The summed E-state index contributed by atoms with van der Waals surface area (Å²) in [5, 5.41) is 0. The Morgan fingerprint density at radius 3 is 2.80 bits per heavy atom. The Bertz CT molecular complexity index is 425. The van der Waals surface area contributed by atoms with Gasteiger partial charge in [-0.25, -0.2) is 0 Å². The number of benzene rings is 1. The SMILES string of the molecule is O=C(CCl)N1CC2(CC2)c2ccccc21. The summed E-state index contributed by atoms with van der Waals surface area (Å²) in [5.41, 5.74) is 2.68. The molecule has 3 rings (SSSR count). The lowest BCUT2D eigenvalue weighted by Gasteiger charge is -2.15. The average Bonchev–Trinajstić information content (AvgIpc) is 2.98. The summed E-state index contributed by atoms with van der Waals surface area (Å²) >= 11 is 5.62. The average molecular weight is 222 g/mol. The standard InChI is InChI=1S/C12H12ClNO/c13-7-11(15)14-8-12(5-6-12)9-3-1-2-4-10(9)14/h1-4H,5-8H2. The van der Waals surface area contributed by atoms with E-state index in [0.717, 1.165) is 12.2 Å². The van der Waals surface area contributed by atoms with Gasteiger partial charge in [0.1, 0.15) is 5.88 Å². The van der Waals surface area contributed by atoms with E-state index in [1.807, 2.05) is 23.1 Å². The molecule has 15 heavy (non-hydrogen) atoms. The van der Waals surface area contributed by atoms with Crippen LogP contribution in [0.25, 0.3) is 0 Å². The number of carbonyl (C=O) groups excluding carboxylic acids is 1. The van der Waals surface area contributed by atoms with E-state index in [1.165, 1.54) is 18.4 Å². The van der Waals surface area contributed by atoms with Crippen LogP contribution in [0.3, 0.4) is 0 Å². The number of para-hydroxylation sites is 1. The first kappa shape index (κ1) is 9.22. The van der Waals surface area contributed by atoms with Crippen LogP contribution in [-0.2, 0) is 10.2 Å². The second-order valence-electron chi connectivity index (χ2n) is 4.41. The molecule has 0 atom stereocenters. The fourth-order valence-electron chi connectivity index (χ4n) is 2.50. The molecule has 1 aromatic carbocycles. The molecule has 1 aliphatic heterocycles. The van der Waals surface area contributed by atoms with E-state index in [-0.39, 0.29) is 17.2 Å². The molecule has 0 bridgehead atoms. The molecule has 0 unspecified atom stereocenters. The quantitative estimate of drug-likeness (QED) is 0.667. The molecule has 78 valence electrons. The van der Waals surface area contributed by atoms with Crippen LogP contribution >= 0.6 is 11.6 Å². The molecule has 2 aliphatic rings. The lowest BCUT2D eigenvalue weighted by atomic mass is 9.99. The van der Waals surface area contributed by atoms with Crippen LogP contribution in [0.2, 0.25) is 0 Å². The van der Waals surface area contributed by atoms with Crippen molar-refractivity contribution in [3.8, 4) is 0 Å². The van der Waals surface area contributed by atoms with Gasteiger partial charge in [-0.2, -0.15) is 0 Å². The topological polar surface area (TPSA) is 20.3 Å². The number of nitrogens with zero attached hydrogens (tertiary/aromatic N) is 1. The van der Waals surface area contributed by atoms with Crippen molar-refractivity contribution in [1.82, 2.24) is 0 Å². The van der Waals surface area contributed by atoms with E-state index < -0.39 is 0 Å². The molecule has 0 N–H and O–H groups in total. The van der Waals surface area contributed by atoms with Crippen LogP contribution in [-0.4, -0.2) is 18.3 Å². The van der Waals surface area contributed by atoms with Crippen LogP contribution in [0.15, 0.2) is 24.3 Å². The Hall–Kier alpha value is -1.02. The third kappa shape index (κ3) is 1.21. The molecule has 1 aromatic rings. The van der Waals surface area contributed by atoms with Crippen molar-refractivity contribution < 1.29 is 4.79 Å². The van der Waals surface area contributed by atoms with Gasteiger partial charge in [0.05, 0.1) is 0 Å². The van der Waals surface area contributed by atoms with Crippen LogP contribution in [0, 0.1) is 0 Å². The third-order valence-electron chi connectivity index (χ3n) is 3.50. The van der Waals surface area contributed by atoms with Gasteiger partial charge in [0.15, 0.2) is 0 Å². The Labute approximate surface area is 93.8 Å². The normalized spacial score (nSPS) is 20.5. The molecule has 3 heteroatoms. The van der Waals surface area contributed by atoms with Gasteiger partial charge in [0.2, 0.25) is 5.91 Å². The maximum atomic E-state index is 11.7. The minimum Gasteiger partial charge on any atom is -0.310 e. The highest BCUT2D eigenvalue weighted by atomic mass is 35.5. The summed E-state index contributed by atoms with van der Waals surface area (Å²) < 4.78 is 0. The fraction of sp³-hybridized carbons (Fsp3) is 0.417. The first-order valence-electron chi connectivity index (χ1n) is 5.23. The van der Waals surface area contributed by atoms with E-state index in [2.05, 4.69) is 6.07 Å². The Kier molecular flexibility index (Phi) is 1.84. The zero-order chi connectivity index (χ0) is 10.5. The largest absolute Gasteiger partial charge is 0.310 e. The van der Waals surface area contributed by atoms with Crippen molar-refractivity contribution >= 4 is 23.2 Å². The number of carbonyl (C=O) groups is 1. The van der Waals surface area contributed by atoms with E-state index in [1.54, 1.807) is 0 Å². The molecule has 1 amide bonds. The number of anilines is 1. The second-order valence-corrected chi connectivity index (χ2v) is 4.68. The van der Waals surface area contributed by atoms with E-state index >= 15 is 0 Å². The summed E-state index contributed by atoms with van der Waals surface area (Å²) in [7, 11) is 0. The molecule has 1 heterocycles. The van der Waals surface area contributed by atoms with Gasteiger partial charge < -0.3 is 4.90 Å². The highest BCUT2D eigenvalue weighted by Gasteiger charge is 2.52. The molecule has 1 fully saturated rings. The number of hydrogen-bond acceptors (Lipinski definition) is 1.